The van der Waals surface area contributed by atoms with E-state index in [0.717, 1.165) is 4.90 Å². The first kappa shape index (κ1) is 36.3. The zero-order valence-electron chi connectivity index (χ0n) is 28.1. The second kappa shape index (κ2) is 12.9. The van der Waals surface area contributed by atoms with E-state index >= 15 is 4.79 Å². The number of amides is 4. The van der Waals surface area contributed by atoms with Crippen LogP contribution in [0.15, 0.2) is 96.7 Å². The molecule has 16 heteroatoms. The first-order valence-corrected chi connectivity index (χ1v) is 17.7. The van der Waals surface area contributed by atoms with Gasteiger partial charge in [0, 0.05) is 22.7 Å². The van der Waals surface area contributed by atoms with Crippen LogP contribution in [0.4, 0.5) is 24.7 Å². The summed E-state index contributed by atoms with van der Waals surface area (Å²) >= 11 is 12.5. The highest BCUT2D eigenvalue weighted by molar-refractivity contribution is 6.33. The lowest BCUT2D eigenvalue weighted by molar-refractivity contribution is -0.139. The fourth-order valence-electron chi connectivity index (χ4n) is 8.89. The Morgan fingerprint density at radius 3 is 2.31 bits per heavy atom. The minimum absolute atomic E-state index is 0.0524. The Bertz CT molecular complexity index is 2370. The predicted octanol–water partition coefficient (Wildman–Crippen LogP) is 7.00. The molecule has 55 heavy (non-hydrogen) atoms. The molecular weight excluding hydrogens is 764 g/mol. The number of phenols is 1. The number of aromatic nitrogens is 1. The van der Waals surface area contributed by atoms with Crippen LogP contribution in [0.1, 0.15) is 45.8 Å². The van der Waals surface area contributed by atoms with E-state index in [0.29, 0.717) is 33.4 Å². The van der Waals surface area contributed by atoms with Crippen molar-refractivity contribution in [3.8, 4) is 5.75 Å². The van der Waals surface area contributed by atoms with Crippen LogP contribution in [-0.2, 0) is 30.8 Å². The molecule has 3 heterocycles. The van der Waals surface area contributed by atoms with Gasteiger partial charge in [0.2, 0.25) is 11.8 Å². The van der Waals surface area contributed by atoms with E-state index < -0.39 is 87.2 Å². The van der Waals surface area contributed by atoms with Crippen molar-refractivity contribution in [1.29, 1.82) is 0 Å². The number of aromatic hydroxyl groups is 1. The largest absolute Gasteiger partial charge is 0.508 e. The van der Waals surface area contributed by atoms with Crippen molar-refractivity contribution >= 4 is 64.3 Å². The van der Waals surface area contributed by atoms with E-state index in [9.17, 15) is 42.6 Å². The number of alkyl halides is 3. The second-order valence-corrected chi connectivity index (χ2v) is 14.7. The number of anilines is 2. The third-order valence-corrected chi connectivity index (χ3v) is 11.7. The van der Waals surface area contributed by atoms with Crippen molar-refractivity contribution in [2.75, 3.05) is 10.3 Å². The number of carbonyl (C=O) groups is 5. The molecule has 3 aromatic carbocycles. The number of hydrazine groups is 1. The Morgan fingerprint density at radius 2 is 1.64 bits per heavy atom. The van der Waals surface area contributed by atoms with Gasteiger partial charge in [-0.1, -0.05) is 71.2 Å². The molecule has 8 rings (SSSR count). The summed E-state index contributed by atoms with van der Waals surface area (Å²) in [7, 11) is 0. The monoisotopic (exact) mass is 790 g/mol. The zero-order chi connectivity index (χ0) is 39.1. The predicted molar refractivity (Wildman–Crippen MR) is 191 cm³/mol. The molecule has 2 saturated heterocycles. The van der Waals surface area contributed by atoms with Gasteiger partial charge in [0.15, 0.2) is 5.82 Å². The lowest BCUT2D eigenvalue weighted by atomic mass is 9.49. The highest BCUT2D eigenvalue weighted by Crippen LogP contribution is 2.65. The van der Waals surface area contributed by atoms with Crippen molar-refractivity contribution in [2.24, 2.45) is 23.7 Å². The maximum absolute atomic E-state index is 15.2. The number of fused-ring (bicyclic) bond motifs is 4. The van der Waals surface area contributed by atoms with Crippen LogP contribution in [0, 0.1) is 23.7 Å². The molecule has 4 amide bonds. The van der Waals surface area contributed by atoms with E-state index in [-0.39, 0.29) is 35.4 Å². The summed E-state index contributed by atoms with van der Waals surface area (Å²) < 4.78 is 40.3. The number of hydrogen-bond acceptors (Lipinski definition) is 8. The Morgan fingerprint density at radius 1 is 0.909 bits per heavy atom. The standard InChI is InChI=1S/C39H27Cl2F3N4O7/c40-21-10-8-19(9-11-21)38-27(34(51)48(37(38)55)46-32-28(41)15-20(17-45-32)39(42,43)44)16-26-23(31(38)24-6-1-2-7-29(24)49)12-13-25-30(26)35(52)47(33(25)50)22-5-3-4-18(14-22)36(53)54/h1-12,14-15,17,25-27,30-31,49H,13,16H2,(H,45,46)(H,53,54)/t25-,26+,27-,30-,31+,38+/m0/s1. The van der Waals surface area contributed by atoms with Gasteiger partial charge in [0.05, 0.1) is 45.0 Å². The number of para-hydroxylation sites is 1. The molecule has 2 aliphatic carbocycles. The SMILES string of the molecule is O=C(O)c1cccc(N2C(=O)[C@H]3[C@H](CC=C4[C@H]3C[C@H]3C(=O)N(Nc5ncc(C(F)(F)F)cc5Cl)C(=O)[C@@]3(c3ccc(Cl)cc3)[C@H]4c3ccccc3O)C2=O)c1. The number of benzene rings is 3. The third-order valence-electron chi connectivity index (χ3n) is 11.2. The molecule has 2 aliphatic heterocycles. The number of allylic oxidation sites excluding steroid dienone is 2. The molecule has 1 saturated carbocycles. The van der Waals surface area contributed by atoms with Gasteiger partial charge in [-0.2, -0.15) is 18.2 Å². The maximum Gasteiger partial charge on any atom is 0.417 e. The van der Waals surface area contributed by atoms with Gasteiger partial charge in [-0.15, -0.1) is 0 Å². The molecule has 0 unspecified atom stereocenters. The van der Waals surface area contributed by atoms with E-state index in [1.807, 2.05) is 0 Å². The highest BCUT2D eigenvalue weighted by Gasteiger charge is 2.70. The van der Waals surface area contributed by atoms with Crippen LogP contribution in [0.5, 0.6) is 5.75 Å². The summed E-state index contributed by atoms with van der Waals surface area (Å²) in [6.45, 7) is 0. The number of carboxylic acid groups (broad SMARTS) is 1. The van der Waals surface area contributed by atoms with Gasteiger partial charge in [-0.3, -0.25) is 29.5 Å². The molecule has 0 radical (unpaired) electrons. The average Bonchev–Trinajstić information content (AvgIpc) is 3.53. The molecule has 11 nitrogen and oxygen atoms in total. The molecule has 3 fully saturated rings. The van der Waals surface area contributed by atoms with Crippen LogP contribution in [0.3, 0.4) is 0 Å². The van der Waals surface area contributed by atoms with Crippen LogP contribution in [-0.4, -0.2) is 49.8 Å². The lowest BCUT2D eigenvalue weighted by Crippen LogP contribution is -2.53. The average molecular weight is 792 g/mol. The van der Waals surface area contributed by atoms with Gasteiger partial charge in [-0.05, 0) is 66.8 Å². The zero-order valence-corrected chi connectivity index (χ0v) is 29.6. The number of nitrogens with one attached hydrogen (secondary N) is 1. The van der Waals surface area contributed by atoms with E-state index in [4.69, 9.17) is 23.2 Å². The van der Waals surface area contributed by atoms with Crippen molar-refractivity contribution in [3.63, 3.8) is 0 Å². The number of hydrogen-bond donors (Lipinski definition) is 3. The Labute approximate surface area is 319 Å². The van der Waals surface area contributed by atoms with Crippen LogP contribution in [0.2, 0.25) is 10.0 Å². The van der Waals surface area contributed by atoms with Gasteiger partial charge >= 0.3 is 12.1 Å². The number of phenolic OH excluding ortho intramolecular Hbond substituents is 1. The van der Waals surface area contributed by atoms with Crippen molar-refractivity contribution in [3.05, 3.63) is 129 Å². The number of halogens is 5. The minimum Gasteiger partial charge on any atom is -0.508 e. The molecule has 4 aromatic rings. The summed E-state index contributed by atoms with van der Waals surface area (Å²) in [5, 5.41) is 21.5. The fourth-order valence-corrected chi connectivity index (χ4v) is 9.23. The number of nitrogens with zero attached hydrogens (tertiary/aromatic N) is 3. The van der Waals surface area contributed by atoms with Gasteiger partial charge in [0.1, 0.15) is 5.75 Å². The van der Waals surface area contributed by atoms with Crippen LogP contribution in [0.25, 0.3) is 0 Å². The van der Waals surface area contributed by atoms with E-state index in [1.165, 1.54) is 42.5 Å². The van der Waals surface area contributed by atoms with Crippen molar-refractivity contribution in [1.82, 2.24) is 9.99 Å². The van der Waals surface area contributed by atoms with E-state index in [1.54, 1.807) is 36.4 Å². The molecule has 3 N–H and O–H groups in total. The van der Waals surface area contributed by atoms with Crippen molar-refractivity contribution < 1.29 is 47.4 Å². The third kappa shape index (κ3) is 5.48. The Hall–Kier alpha value is -5.73. The summed E-state index contributed by atoms with van der Waals surface area (Å²) in [5.74, 6) is -9.86. The number of carbonyl (C=O) groups excluding carboxylic acids is 4. The summed E-state index contributed by atoms with van der Waals surface area (Å²) in [6.07, 6.45) is -2.59. The molecule has 4 aliphatic rings. The minimum atomic E-state index is -4.78. The lowest BCUT2D eigenvalue weighted by Gasteiger charge is -2.50. The van der Waals surface area contributed by atoms with E-state index in [2.05, 4.69) is 10.4 Å². The molecule has 280 valence electrons. The normalized spacial score (nSPS) is 26.1. The smallest absolute Gasteiger partial charge is 0.417 e. The number of imide groups is 2. The fraction of sp³-hybridized carbons (Fsp3) is 0.231. The molecular formula is C39H27Cl2F3N4O7. The summed E-state index contributed by atoms with van der Waals surface area (Å²) in [4.78, 5) is 74.9. The highest BCUT2D eigenvalue weighted by atomic mass is 35.5. The van der Waals surface area contributed by atoms with Gasteiger partial charge in [-0.25, -0.2) is 9.78 Å². The van der Waals surface area contributed by atoms with Gasteiger partial charge in [0.25, 0.3) is 11.8 Å². The van der Waals surface area contributed by atoms with Crippen molar-refractivity contribution in [2.45, 2.75) is 30.4 Å². The number of pyridine rings is 1. The topological polar surface area (TPSA) is 157 Å². The van der Waals surface area contributed by atoms with Crippen LogP contribution < -0.4 is 10.3 Å². The molecule has 1 aromatic heterocycles. The molecule has 0 bridgehead atoms. The molecule has 0 spiro atoms. The Balaban J connectivity index is 1.30. The maximum atomic E-state index is 15.2. The number of aromatic carboxylic acids is 1. The van der Waals surface area contributed by atoms with Gasteiger partial charge < -0.3 is 10.2 Å². The van der Waals surface area contributed by atoms with Crippen LogP contribution >= 0.6 is 23.2 Å². The summed E-state index contributed by atoms with van der Waals surface area (Å²) in [6, 6.07) is 18.5. The second-order valence-electron chi connectivity index (χ2n) is 13.8. The quantitative estimate of drug-likeness (QED) is 0.138. The first-order valence-electron chi connectivity index (χ1n) is 17.0. The number of carboxylic acids is 1. The number of rotatable bonds is 6. The first-order chi connectivity index (χ1) is 26.1. The summed E-state index contributed by atoms with van der Waals surface area (Å²) in [5.41, 5.74) is 0.594. The Kier molecular flexibility index (Phi) is 8.54. The molecule has 6 atom stereocenters.